The van der Waals surface area contributed by atoms with Crippen LogP contribution >= 0.6 is 0 Å². The van der Waals surface area contributed by atoms with E-state index in [0.717, 1.165) is 6.07 Å². The van der Waals surface area contributed by atoms with Gasteiger partial charge < -0.3 is 60.4 Å². The minimum absolute atomic E-state index is 0.0147. The van der Waals surface area contributed by atoms with E-state index < -0.39 is 37.3 Å². The van der Waals surface area contributed by atoms with E-state index in [4.69, 9.17) is 24.7 Å². The van der Waals surface area contributed by atoms with Gasteiger partial charge in [0.25, 0.3) is 0 Å². The van der Waals surface area contributed by atoms with Gasteiger partial charge in [-0.15, -0.1) is 0 Å². The molecule has 14 heteroatoms. The zero-order valence-electron chi connectivity index (χ0n) is 23.0. The van der Waals surface area contributed by atoms with Crippen LogP contribution in [0.5, 0.6) is 57.5 Å². The van der Waals surface area contributed by atoms with Crippen molar-refractivity contribution in [1.82, 2.24) is 5.32 Å². The first-order chi connectivity index (χ1) is 21.0. The van der Waals surface area contributed by atoms with Crippen LogP contribution in [0.3, 0.4) is 0 Å². The van der Waals surface area contributed by atoms with E-state index in [9.17, 15) is 40.5 Å². The molecular weight excluding hydrogens is 580 g/mol. The molecule has 232 valence electrons. The Morgan fingerprint density at radius 2 is 1.30 bits per heavy atom. The SMILES string of the molecule is Nc1ccc(O)c(Oc2cc(OCC(=O)OC(NCc3ccc(O)c(O)c3)C(O)COc3ccc(O)c(O)c3)ccc2O)c1. The summed E-state index contributed by atoms with van der Waals surface area (Å²) in [5, 5.41) is 72.2. The van der Waals surface area contributed by atoms with Gasteiger partial charge in [0.15, 0.2) is 58.8 Å². The molecule has 0 fully saturated rings. The Kier molecular flexibility index (Phi) is 9.90. The Balaban J connectivity index is 1.41. The van der Waals surface area contributed by atoms with Crippen LogP contribution in [0.1, 0.15) is 5.56 Å². The van der Waals surface area contributed by atoms with E-state index in [1.165, 1.54) is 66.7 Å². The van der Waals surface area contributed by atoms with Gasteiger partial charge in [-0.05, 0) is 54.1 Å². The lowest BCUT2D eigenvalue weighted by Crippen LogP contribution is -2.46. The Hall–Kier alpha value is -5.73. The zero-order chi connectivity index (χ0) is 31.8. The van der Waals surface area contributed by atoms with Crippen LogP contribution in [-0.4, -0.2) is 67.3 Å². The summed E-state index contributed by atoms with van der Waals surface area (Å²) in [6.45, 7) is -1.06. The molecule has 2 atom stereocenters. The van der Waals surface area contributed by atoms with Crippen molar-refractivity contribution >= 4 is 11.7 Å². The van der Waals surface area contributed by atoms with Gasteiger partial charge in [-0.3, -0.25) is 5.32 Å². The van der Waals surface area contributed by atoms with E-state index >= 15 is 0 Å². The number of aromatic hydroxyl groups is 6. The molecule has 0 aliphatic rings. The Bertz CT molecular complexity index is 1610. The number of benzene rings is 4. The number of anilines is 1. The van der Waals surface area contributed by atoms with E-state index in [1.54, 1.807) is 0 Å². The van der Waals surface area contributed by atoms with Crippen LogP contribution in [0.15, 0.2) is 72.8 Å². The molecule has 14 nitrogen and oxygen atoms in total. The second-order valence-corrected chi connectivity index (χ2v) is 9.39. The van der Waals surface area contributed by atoms with Gasteiger partial charge in [-0.1, -0.05) is 6.07 Å². The van der Waals surface area contributed by atoms with Crippen molar-refractivity contribution in [3.05, 3.63) is 78.4 Å². The van der Waals surface area contributed by atoms with Crippen molar-refractivity contribution in [1.29, 1.82) is 0 Å². The Morgan fingerprint density at radius 1 is 0.705 bits per heavy atom. The number of hydrogen-bond acceptors (Lipinski definition) is 14. The number of esters is 1. The molecule has 4 rings (SSSR count). The molecule has 0 radical (unpaired) electrons. The lowest BCUT2D eigenvalue weighted by atomic mass is 10.2. The third kappa shape index (κ3) is 8.40. The van der Waals surface area contributed by atoms with Crippen molar-refractivity contribution in [3.63, 3.8) is 0 Å². The average molecular weight is 611 g/mol. The first-order valence-corrected chi connectivity index (χ1v) is 13.0. The lowest BCUT2D eigenvalue weighted by Gasteiger charge is -2.24. The van der Waals surface area contributed by atoms with Crippen molar-refractivity contribution in [3.8, 4) is 57.5 Å². The third-order valence-corrected chi connectivity index (χ3v) is 6.01. The number of rotatable bonds is 13. The minimum Gasteiger partial charge on any atom is -0.504 e. The first-order valence-electron chi connectivity index (χ1n) is 13.0. The molecule has 4 aromatic carbocycles. The van der Waals surface area contributed by atoms with Gasteiger partial charge in [0.1, 0.15) is 24.2 Å². The van der Waals surface area contributed by atoms with Gasteiger partial charge in [0.2, 0.25) is 0 Å². The van der Waals surface area contributed by atoms with E-state index in [0.29, 0.717) is 11.3 Å². The van der Waals surface area contributed by atoms with Crippen LogP contribution in [0.25, 0.3) is 0 Å². The highest BCUT2D eigenvalue weighted by atomic mass is 16.6. The topological polar surface area (TPSA) is 234 Å². The molecule has 0 heterocycles. The molecule has 0 aliphatic carbocycles. The highest BCUT2D eigenvalue weighted by molar-refractivity contribution is 5.71. The maximum Gasteiger partial charge on any atom is 0.345 e. The summed E-state index contributed by atoms with van der Waals surface area (Å²) in [6, 6.07) is 15.7. The molecular formula is C30H30N2O12. The fourth-order valence-electron chi connectivity index (χ4n) is 3.73. The number of phenolic OH excluding ortho intramolecular Hbond substituents is 6. The summed E-state index contributed by atoms with van der Waals surface area (Å²) in [6.07, 6.45) is -2.82. The Morgan fingerprint density at radius 3 is 1.98 bits per heavy atom. The average Bonchev–Trinajstić information content (AvgIpc) is 2.99. The second-order valence-electron chi connectivity index (χ2n) is 9.39. The van der Waals surface area contributed by atoms with Crippen LogP contribution in [0.2, 0.25) is 0 Å². The number of nitrogen functional groups attached to an aromatic ring is 1. The summed E-state index contributed by atoms with van der Waals surface area (Å²) >= 11 is 0. The number of nitrogens with two attached hydrogens (primary N) is 1. The van der Waals surface area contributed by atoms with Crippen LogP contribution in [-0.2, 0) is 16.1 Å². The highest BCUT2D eigenvalue weighted by Gasteiger charge is 2.25. The van der Waals surface area contributed by atoms with E-state index in [2.05, 4.69) is 5.32 Å². The normalized spacial score (nSPS) is 12.2. The number of carbonyl (C=O) groups is 1. The number of aliphatic hydroxyl groups excluding tert-OH is 1. The molecule has 10 N–H and O–H groups in total. The number of phenols is 6. The zero-order valence-corrected chi connectivity index (χ0v) is 23.0. The predicted octanol–water partition coefficient (Wildman–Crippen LogP) is 2.77. The summed E-state index contributed by atoms with van der Waals surface area (Å²) in [4.78, 5) is 12.7. The van der Waals surface area contributed by atoms with Gasteiger partial charge in [0, 0.05) is 30.4 Å². The second kappa shape index (κ2) is 14.0. The number of ether oxygens (including phenoxy) is 4. The summed E-state index contributed by atoms with van der Waals surface area (Å²) in [5.74, 6) is -2.82. The number of aliphatic hydroxyl groups is 1. The molecule has 2 unspecified atom stereocenters. The summed E-state index contributed by atoms with van der Waals surface area (Å²) < 4.78 is 21.8. The molecule has 0 saturated carbocycles. The van der Waals surface area contributed by atoms with Crippen molar-refractivity contribution < 1.29 is 59.5 Å². The third-order valence-electron chi connectivity index (χ3n) is 6.01. The molecule has 4 aromatic rings. The minimum atomic E-state index is -1.46. The van der Waals surface area contributed by atoms with Gasteiger partial charge in [-0.25, -0.2) is 4.79 Å². The van der Waals surface area contributed by atoms with E-state index in [1.807, 2.05) is 0 Å². The summed E-state index contributed by atoms with van der Waals surface area (Å²) in [5.41, 5.74) is 6.51. The van der Waals surface area contributed by atoms with E-state index in [-0.39, 0.29) is 58.3 Å². The molecule has 0 aromatic heterocycles. The smallest absolute Gasteiger partial charge is 0.345 e. The monoisotopic (exact) mass is 610 g/mol. The number of nitrogens with one attached hydrogen (secondary N) is 1. The first kappa shape index (κ1) is 31.2. The summed E-state index contributed by atoms with van der Waals surface area (Å²) in [7, 11) is 0. The van der Waals surface area contributed by atoms with Crippen molar-refractivity contribution in [2.24, 2.45) is 0 Å². The van der Waals surface area contributed by atoms with Gasteiger partial charge >= 0.3 is 5.97 Å². The predicted molar refractivity (Wildman–Crippen MR) is 154 cm³/mol. The van der Waals surface area contributed by atoms with Gasteiger partial charge in [-0.2, -0.15) is 0 Å². The van der Waals surface area contributed by atoms with Crippen molar-refractivity contribution in [2.45, 2.75) is 18.9 Å². The number of carbonyl (C=O) groups excluding carboxylic acids is 1. The van der Waals surface area contributed by atoms with Crippen LogP contribution in [0.4, 0.5) is 5.69 Å². The molecule has 0 aliphatic heterocycles. The van der Waals surface area contributed by atoms with Gasteiger partial charge in [0.05, 0.1) is 0 Å². The Labute approximate surface area is 250 Å². The molecule has 0 saturated heterocycles. The quantitative estimate of drug-likeness (QED) is 0.0348. The van der Waals surface area contributed by atoms with Crippen LogP contribution in [0, 0.1) is 0 Å². The fourth-order valence-corrected chi connectivity index (χ4v) is 3.73. The van der Waals surface area contributed by atoms with Crippen molar-refractivity contribution in [2.75, 3.05) is 18.9 Å². The maximum absolute atomic E-state index is 12.7. The molecule has 0 spiro atoms. The standard InChI is InChI=1S/C30H30N2O12/c31-17-2-6-22(35)27(10-17)43-28-12-19(4-8-23(28)36)42-15-29(40)44-30(32-13-16-1-5-20(33)24(37)9-16)26(39)14-41-18-3-7-21(34)25(38)11-18/h1-12,26,30,32-39H,13-15,31H2. The number of hydrogen-bond donors (Lipinski definition) is 9. The molecule has 0 bridgehead atoms. The lowest BCUT2D eigenvalue weighted by molar-refractivity contribution is -0.161. The fraction of sp³-hybridized carbons (Fsp3) is 0.167. The highest BCUT2D eigenvalue weighted by Crippen LogP contribution is 2.38. The maximum atomic E-state index is 12.7. The van der Waals surface area contributed by atoms with Crippen LogP contribution < -0.4 is 25.3 Å². The molecule has 0 amide bonds. The molecule has 44 heavy (non-hydrogen) atoms. The largest absolute Gasteiger partial charge is 0.504 e.